The molecule has 0 atom stereocenters. The first-order valence-corrected chi connectivity index (χ1v) is 9.88. The molecule has 31 heavy (non-hydrogen) atoms. The molecule has 0 aliphatic carbocycles. The molecule has 0 saturated carbocycles. The van der Waals surface area contributed by atoms with Gasteiger partial charge in [-0.3, -0.25) is 9.59 Å². The molecule has 0 aromatic heterocycles. The van der Waals surface area contributed by atoms with Crippen LogP contribution in [0.25, 0.3) is 0 Å². The summed E-state index contributed by atoms with van der Waals surface area (Å²) in [6.07, 6.45) is 4.09. The minimum absolute atomic E-state index is 0.0965. The number of carbonyl (C=O) groups excluding carboxylic acids is 2. The van der Waals surface area contributed by atoms with Crippen molar-refractivity contribution in [2.75, 3.05) is 20.8 Å². The van der Waals surface area contributed by atoms with Gasteiger partial charge in [0.1, 0.15) is 11.5 Å². The van der Waals surface area contributed by atoms with E-state index >= 15 is 0 Å². The lowest BCUT2D eigenvalue weighted by molar-refractivity contribution is -0.117. The summed E-state index contributed by atoms with van der Waals surface area (Å²) in [6.45, 7) is 6.13. The highest BCUT2D eigenvalue weighted by atomic mass is 16.5. The number of ether oxygens (including phenoxy) is 2. The van der Waals surface area contributed by atoms with E-state index in [4.69, 9.17) is 9.47 Å². The van der Waals surface area contributed by atoms with Gasteiger partial charge in [0.05, 0.1) is 25.5 Å². The molecule has 0 radical (unpaired) electrons. The summed E-state index contributed by atoms with van der Waals surface area (Å²) < 4.78 is 10.6. The van der Waals surface area contributed by atoms with E-state index in [-0.39, 0.29) is 11.3 Å². The second-order valence-electron chi connectivity index (χ2n) is 6.60. The number of amides is 2. The summed E-state index contributed by atoms with van der Waals surface area (Å²) in [4.78, 5) is 25.5. The molecular weight excluding hydrogens is 392 g/mol. The Balaban J connectivity index is 2.17. The Morgan fingerprint density at radius 1 is 1.06 bits per heavy atom. The molecule has 0 aliphatic rings. The lowest BCUT2D eigenvalue weighted by Crippen LogP contribution is -2.33. The first kappa shape index (κ1) is 23.5. The van der Waals surface area contributed by atoms with Crippen LogP contribution in [0.15, 0.2) is 90.4 Å². The maximum atomic E-state index is 12.8. The smallest absolute Gasteiger partial charge is 0.255 e. The number of allylic oxidation sites excluding steroid dienone is 2. The number of benzene rings is 2. The first-order valence-electron chi connectivity index (χ1n) is 9.88. The van der Waals surface area contributed by atoms with E-state index in [0.29, 0.717) is 30.0 Å². The summed E-state index contributed by atoms with van der Waals surface area (Å²) in [5, 5.41) is 5.60. The molecule has 2 N–H and O–H groups in total. The van der Waals surface area contributed by atoms with Crippen LogP contribution in [-0.4, -0.2) is 32.6 Å². The van der Waals surface area contributed by atoms with Crippen LogP contribution in [0, 0.1) is 0 Å². The number of carbonyl (C=O) groups is 2. The van der Waals surface area contributed by atoms with Gasteiger partial charge in [0.25, 0.3) is 11.8 Å². The molecule has 0 fully saturated rings. The Morgan fingerprint density at radius 2 is 1.81 bits per heavy atom. The fourth-order valence-electron chi connectivity index (χ4n) is 2.83. The minimum Gasteiger partial charge on any atom is -0.497 e. The third-order valence-corrected chi connectivity index (χ3v) is 4.47. The minimum atomic E-state index is -0.411. The van der Waals surface area contributed by atoms with Crippen molar-refractivity contribution in [3.8, 4) is 5.75 Å². The fraction of sp³-hybridized carbons (Fsp3) is 0.200. The zero-order chi connectivity index (χ0) is 22.6. The number of hydrogen-bond acceptors (Lipinski definition) is 4. The van der Waals surface area contributed by atoms with Gasteiger partial charge in [-0.15, -0.1) is 0 Å². The molecule has 162 valence electrons. The van der Waals surface area contributed by atoms with Crippen LogP contribution in [-0.2, 0) is 16.0 Å². The molecule has 0 unspecified atom stereocenters. The topological polar surface area (TPSA) is 76.7 Å². The van der Waals surface area contributed by atoms with Crippen molar-refractivity contribution in [3.05, 3.63) is 101 Å². The Bertz CT molecular complexity index is 978. The normalized spacial score (nSPS) is 11.5. The molecule has 0 aliphatic heterocycles. The van der Waals surface area contributed by atoms with Gasteiger partial charge in [0, 0.05) is 12.1 Å². The lowest BCUT2D eigenvalue weighted by Gasteiger charge is -2.16. The summed E-state index contributed by atoms with van der Waals surface area (Å²) >= 11 is 0. The maximum absolute atomic E-state index is 12.8. The van der Waals surface area contributed by atoms with Crippen molar-refractivity contribution in [3.63, 3.8) is 0 Å². The molecule has 0 spiro atoms. The van der Waals surface area contributed by atoms with Crippen LogP contribution in [0.4, 0.5) is 0 Å². The highest BCUT2D eigenvalue weighted by Crippen LogP contribution is 2.17. The molecule has 0 bridgehead atoms. The summed E-state index contributed by atoms with van der Waals surface area (Å²) in [7, 11) is 2.99. The monoisotopic (exact) mass is 420 g/mol. The second-order valence-corrected chi connectivity index (χ2v) is 6.60. The highest BCUT2D eigenvalue weighted by molar-refractivity contribution is 6.01. The van der Waals surface area contributed by atoms with Crippen molar-refractivity contribution in [2.45, 2.75) is 13.3 Å². The van der Waals surface area contributed by atoms with Crippen molar-refractivity contribution in [2.24, 2.45) is 0 Å². The van der Waals surface area contributed by atoms with Crippen LogP contribution < -0.4 is 15.4 Å². The van der Waals surface area contributed by atoms with Crippen LogP contribution in [0.3, 0.4) is 0 Å². The third-order valence-electron chi connectivity index (χ3n) is 4.47. The predicted molar refractivity (Wildman–Crippen MR) is 122 cm³/mol. The summed E-state index contributed by atoms with van der Waals surface area (Å²) in [6, 6.07) is 16.6. The molecule has 2 aromatic rings. The van der Waals surface area contributed by atoms with E-state index in [1.807, 2.05) is 37.3 Å². The fourth-order valence-corrected chi connectivity index (χ4v) is 2.83. The number of nitrogens with one attached hydrogen (secondary N) is 2. The predicted octanol–water partition coefficient (Wildman–Crippen LogP) is 3.77. The molecule has 0 saturated heterocycles. The van der Waals surface area contributed by atoms with E-state index in [9.17, 15) is 9.59 Å². The van der Waals surface area contributed by atoms with Gasteiger partial charge in [-0.2, -0.15) is 0 Å². The quantitative estimate of drug-likeness (QED) is 0.348. The van der Waals surface area contributed by atoms with Crippen molar-refractivity contribution >= 4 is 11.8 Å². The van der Waals surface area contributed by atoms with Crippen molar-refractivity contribution in [1.29, 1.82) is 0 Å². The number of methoxy groups -OCH3 is 2. The average molecular weight is 421 g/mol. The highest BCUT2D eigenvalue weighted by Gasteiger charge is 2.20. The summed E-state index contributed by atoms with van der Waals surface area (Å²) in [5.74, 6) is 0.0696. The second kappa shape index (κ2) is 12.0. The molecule has 6 heteroatoms. The number of rotatable bonds is 10. The Labute approximate surface area is 183 Å². The standard InChI is InChI=1S/C25H28N2O4/c1-5-10-22(31-4)23(27-25(29)20-13-9-14-21(17-20)30-3)18(2)24(28)26-16-15-19-11-7-6-8-12-19/h5-14,17H,2,15-16H2,1,3-4H3,(H,26,28)(H,27,29)/b10-5-,23-22-. The zero-order valence-electron chi connectivity index (χ0n) is 18.1. The van der Waals surface area contributed by atoms with Gasteiger partial charge >= 0.3 is 0 Å². The SMILES string of the molecule is C=C(C(=O)NCCc1ccccc1)/C(NC(=O)c1cccc(OC)c1)=C(\C=C/C)OC. The van der Waals surface area contributed by atoms with E-state index in [1.165, 1.54) is 14.2 Å². The lowest BCUT2D eigenvalue weighted by atomic mass is 10.1. The van der Waals surface area contributed by atoms with Gasteiger partial charge in [-0.1, -0.05) is 49.1 Å². The van der Waals surface area contributed by atoms with Gasteiger partial charge in [0.2, 0.25) is 0 Å². The molecule has 2 rings (SSSR count). The van der Waals surface area contributed by atoms with Crippen molar-refractivity contribution < 1.29 is 19.1 Å². The van der Waals surface area contributed by atoms with Crippen LogP contribution in [0.1, 0.15) is 22.8 Å². The van der Waals surface area contributed by atoms with Crippen molar-refractivity contribution in [1.82, 2.24) is 10.6 Å². The molecule has 2 amide bonds. The molecule has 6 nitrogen and oxygen atoms in total. The summed E-state index contributed by atoms with van der Waals surface area (Å²) in [5.41, 5.74) is 1.79. The molecule has 0 heterocycles. The van der Waals surface area contributed by atoms with Gasteiger partial charge in [0.15, 0.2) is 0 Å². The Kier molecular flexibility index (Phi) is 9.11. The van der Waals surface area contributed by atoms with E-state index in [2.05, 4.69) is 17.2 Å². The van der Waals surface area contributed by atoms with Crippen LogP contribution in [0.5, 0.6) is 5.75 Å². The Hall–Kier alpha value is -3.80. The van der Waals surface area contributed by atoms with E-state index in [0.717, 1.165) is 5.56 Å². The zero-order valence-corrected chi connectivity index (χ0v) is 18.1. The molecule has 2 aromatic carbocycles. The number of hydrogen-bond donors (Lipinski definition) is 2. The van der Waals surface area contributed by atoms with E-state index in [1.54, 1.807) is 36.4 Å². The third kappa shape index (κ3) is 6.89. The first-order chi connectivity index (χ1) is 15.0. The molecular formula is C25H28N2O4. The largest absolute Gasteiger partial charge is 0.497 e. The van der Waals surface area contributed by atoms with Crippen LogP contribution in [0.2, 0.25) is 0 Å². The Morgan fingerprint density at radius 3 is 2.45 bits per heavy atom. The van der Waals surface area contributed by atoms with Crippen LogP contribution >= 0.6 is 0 Å². The van der Waals surface area contributed by atoms with Gasteiger partial charge in [-0.05, 0) is 43.2 Å². The maximum Gasteiger partial charge on any atom is 0.255 e. The average Bonchev–Trinajstić information content (AvgIpc) is 2.81. The van der Waals surface area contributed by atoms with Gasteiger partial charge in [-0.25, -0.2) is 0 Å². The van der Waals surface area contributed by atoms with Gasteiger partial charge < -0.3 is 20.1 Å². The van der Waals surface area contributed by atoms with E-state index < -0.39 is 11.8 Å².